The number of esters is 2. The van der Waals surface area contributed by atoms with E-state index in [1.54, 1.807) is 30.6 Å². The van der Waals surface area contributed by atoms with Gasteiger partial charge in [0.15, 0.2) is 0 Å². The van der Waals surface area contributed by atoms with Crippen LogP contribution in [0, 0.1) is 0 Å². The highest BCUT2D eigenvalue weighted by Crippen LogP contribution is 2.31. The topological polar surface area (TPSA) is 201 Å². The second-order valence-corrected chi connectivity index (χ2v) is 13.9. The molecule has 18 heteroatoms. The van der Waals surface area contributed by atoms with Crippen molar-refractivity contribution in [3.8, 4) is 0 Å². The molecule has 0 bridgehead atoms. The van der Waals surface area contributed by atoms with Gasteiger partial charge in [-0.1, -0.05) is 30.3 Å². The summed E-state index contributed by atoms with van der Waals surface area (Å²) in [6.07, 6.45) is 2.51. The lowest BCUT2D eigenvalue weighted by Crippen LogP contribution is -2.49. The van der Waals surface area contributed by atoms with Crippen molar-refractivity contribution in [3.63, 3.8) is 0 Å². The number of methoxy groups -OCH3 is 2. The Kier molecular flexibility index (Phi) is 14.2. The van der Waals surface area contributed by atoms with Crippen molar-refractivity contribution in [2.45, 2.75) is 18.7 Å². The highest BCUT2D eigenvalue weighted by Gasteiger charge is 2.24. The first kappa shape index (κ1) is 38.3. The number of hydrogen-bond acceptors (Lipinski definition) is 13. The van der Waals surface area contributed by atoms with Crippen LogP contribution in [0.1, 0.15) is 24.9 Å². The third-order valence-corrected chi connectivity index (χ3v) is 10.8. The van der Waals surface area contributed by atoms with E-state index in [0.717, 1.165) is 29.4 Å². The van der Waals surface area contributed by atoms with Gasteiger partial charge in [-0.3, -0.25) is 24.4 Å². The number of fused-ring (bicyclic) bond motifs is 2. The van der Waals surface area contributed by atoms with Gasteiger partial charge in [-0.2, -0.15) is 0 Å². The molecule has 0 spiro atoms. The zero-order valence-corrected chi connectivity index (χ0v) is 31.2. The van der Waals surface area contributed by atoms with E-state index in [0.29, 0.717) is 15.3 Å². The second kappa shape index (κ2) is 18.5. The fraction of sp³-hybridized carbons (Fsp3) is 0.219. The van der Waals surface area contributed by atoms with Crippen molar-refractivity contribution in [3.05, 3.63) is 91.3 Å². The number of halogens is 2. The molecule has 0 fully saturated rings. The monoisotopic (exact) mass is 848 g/mol. The number of aromatic nitrogens is 2. The summed E-state index contributed by atoms with van der Waals surface area (Å²) < 4.78 is 17.8. The molecule has 0 aliphatic heterocycles. The first-order chi connectivity index (χ1) is 24.0. The average Bonchev–Trinajstić information content (AvgIpc) is 3.78. The number of pyridine rings is 2. The number of alkyl carbamates (subject to hydrolysis) is 1. The van der Waals surface area contributed by atoms with Gasteiger partial charge in [0, 0.05) is 34.4 Å². The molecule has 0 unspecified atom stereocenters. The highest BCUT2D eigenvalue weighted by atomic mass is 79.9. The van der Waals surface area contributed by atoms with Crippen LogP contribution in [0.25, 0.3) is 20.4 Å². The van der Waals surface area contributed by atoms with E-state index in [1.807, 2.05) is 36.4 Å². The van der Waals surface area contributed by atoms with Gasteiger partial charge in [0.1, 0.15) is 18.7 Å². The number of nitrogens with zero attached hydrogens (tertiary/aromatic N) is 2. The van der Waals surface area contributed by atoms with Crippen LogP contribution in [0.5, 0.6) is 0 Å². The van der Waals surface area contributed by atoms with Gasteiger partial charge < -0.3 is 35.9 Å². The summed E-state index contributed by atoms with van der Waals surface area (Å²) in [4.78, 5) is 69.0. The van der Waals surface area contributed by atoms with Gasteiger partial charge in [-0.05, 0) is 61.7 Å². The Balaban J connectivity index is 0.000000244. The molecule has 0 aliphatic rings. The standard InChI is InChI=1S/C20H18BrN3O5S.C12H12BrN3O3S/c1-28-19(26)15(24-20(27)29-11-12-5-3-2-4-6-12)10-23-18(25)16-9-14-17(30-16)13(21)7-8-22-14;1-19-12(18)7(14)5-16-11(17)9-4-8-10(20-9)6(13)2-3-15-8/h2-9,15H,10-11H2,1H3,(H,23,25)(H,24,27);2-4,7H,5,14H2,1H3,(H,16,17)/t15-;7-/m11/s1. The van der Waals surface area contributed by atoms with Crippen molar-refractivity contribution < 1.29 is 38.2 Å². The highest BCUT2D eigenvalue weighted by molar-refractivity contribution is 9.11. The number of rotatable bonds is 11. The lowest BCUT2D eigenvalue weighted by molar-refractivity contribution is -0.143. The van der Waals surface area contributed by atoms with Crippen molar-refractivity contribution in [2.24, 2.45) is 5.73 Å². The van der Waals surface area contributed by atoms with Crippen molar-refractivity contribution in [1.29, 1.82) is 0 Å². The van der Waals surface area contributed by atoms with Gasteiger partial charge in [0.25, 0.3) is 11.8 Å². The summed E-state index contributed by atoms with van der Waals surface area (Å²) in [5.74, 6) is -1.95. The lowest BCUT2D eigenvalue weighted by Gasteiger charge is -2.17. The van der Waals surface area contributed by atoms with Crippen molar-refractivity contribution in [1.82, 2.24) is 25.9 Å². The molecular weight excluding hydrogens is 820 g/mol. The molecule has 1 aromatic carbocycles. The number of carbonyl (C=O) groups is 5. The molecule has 14 nitrogen and oxygen atoms in total. The van der Waals surface area contributed by atoms with Crippen LogP contribution >= 0.6 is 54.5 Å². The van der Waals surface area contributed by atoms with E-state index >= 15 is 0 Å². The van der Waals surface area contributed by atoms with Crippen LogP contribution in [-0.2, 0) is 30.4 Å². The van der Waals surface area contributed by atoms with E-state index in [2.05, 4.69) is 62.5 Å². The predicted molar refractivity (Wildman–Crippen MR) is 195 cm³/mol. The first-order valence-electron chi connectivity index (χ1n) is 14.5. The Morgan fingerprint density at radius 2 is 1.30 bits per heavy atom. The number of hydrogen-bond donors (Lipinski definition) is 4. The maximum Gasteiger partial charge on any atom is 0.408 e. The molecule has 5 rings (SSSR count). The maximum absolute atomic E-state index is 12.5. The van der Waals surface area contributed by atoms with Crippen molar-refractivity contribution >= 4 is 105 Å². The van der Waals surface area contributed by atoms with Gasteiger partial charge in [0.05, 0.1) is 44.4 Å². The summed E-state index contributed by atoms with van der Waals surface area (Å²) >= 11 is 9.42. The number of thiophene rings is 2. The third-order valence-electron chi connectivity index (χ3n) is 6.62. The molecule has 3 amide bonds. The fourth-order valence-electron chi connectivity index (χ4n) is 4.09. The number of nitrogens with two attached hydrogens (primary N) is 1. The van der Waals surface area contributed by atoms with Crippen LogP contribution in [0.15, 0.2) is 75.9 Å². The predicted octanol–water partition coefficient (Wildman–Crippen LogP) is 4.55. The number of amides is 3. The molecule has 2 atom stereocenters. The zero-order chi connectivity index (χ0) is 36.2. The summed E-state index contributed by atoms with van der Waals surface area (Å²) in [5, 5.41) is 7.64. The third kappa shape index (κ3) is 10.5. The van der Waals surface area contributed by atoms with E-state index in [-0.39, 0.29) is 25.6 Å². The van der Waals surface area contributed by atoms with Crippen LogP contribution in [-0.4, -0.2) is 79.2 Å². The minimum atomic E-state index is -1.10. The summed E-state index contributed by atoms with van der Waals surface area (Å²) in [6, 6.07) is 14.1. The summed E-state index contributed by atoms with van der Waals surface area (Å²) in [6.45, 7) is -0.0836. The molecule has 0 saturated carbocycles. The van der Waals surface area contributed by atoms with E-state index in [9.17, 15) is 24.0 Å². The largest absolute Gasteiger partial charge is 0.468 e. The van der Waals surface area contributed by atoms with Crippen LogP contribution in [0.4, 0.5) is 4.79 Å². The zero-order valence-electron chi connectivity index (χ0n) is 26.4. The van der Waals surface area contributed by atoms with Gasteiger partial charge in [-0.25, -0.2) is 9.59 Å². The Hall–Kier alpha value is -4.49. The molecule has 5 aromatic rings. The van der Waals surface area contributed by atoms with Gasteiger partial charge >= 0.3 is 18.0 Å². The quantitative estimate of drug-likeness (QED) is 0.107. The van der Waals surface area contributed by atoms with Gasteiger partial charge in [-0.15, -0.1) is 22.7 Å². The molecule has 0 radical (unpaired) electrons. The Morgan fingerprint density at radius 3 is 1.80 bits per heavy atom. The normalized spacial score (nSPS) is 11.8. The number of carbonyl (C=O) groups excluding carboxylic acids is 5. The molecule has 50 heavy (non-hydrogen) atoms. The molecule has 0 saturated heterocycles. The van der Waals surface area contributed by atoms with Crippen LogP contribution in [0.2, 0.25) is 0 Å². The Labute approximate surface area is 310 Å². The molecule has 4 heterocycles. The van der Waals surface area contributed by atoms with Crippen molar-refractivity contribution in [2.75, 3.05) is 27.3 Å². The molecule has 262 valence electrons. The fourth-order valence-corrected chi connectivity index (χ4v) is 7.09. The van der Waals surface area contributed by atoms with Gasteiger partial charge in [0.2, 0.25) is 0 Å². The minimum absolute atomic E-state index is 0.0222. The Bertz CT molecular complexity index is 1990. The first-order valence-corrected chi connectivity index (χ1v) is 17.8. The molecule has 0 aliphatic carbocycles. The molecule has 5 N–H and O–H groups in total. The molecular formula is C32H30Br2N6O8S2. The Morgan fingerprint density at radius 1 is 0.780 bits per heavy atom. The number of nitrogens with one attached hydrogen (secondary N) is 3. The summed E-state index contributed by atoms with van der Waals surface area (Å²) in [5.41, 5.74) is 7.78. The van der Waals surface area contributed by atoms with E-state index in [1.165, 1.54) is 36.9 Å². The maximum atomic E-state index is 12.5. The van der Waals surface area contributed by atoms with Crippen LogP contribution in [0.3, 0.4) is 0 Å². The SMILES string of the molecule is COC(=O)[C@@H](CNC(=O)c1cc2nccc(Br)c2s1)NC(=O)OCc1ccccc1.COC(=O)[C@H](N)CNC(=O)c1cc2nccc(Br)c2s1. The molecule has 4 aromatic heterocycles. The van der Waals surface area contributed by atoms with Crippen LogP contribution < -0.4 is 21.7 Å². The smallest absolute Gasteiger partial charge is 0.408 e. The van der Waals surface area contributed by atoms with E-state index in [4.69, 9.17) is 15.2 Å². The summed E-state index contributed by atoms with van der Waals surface area (Å²) in [7, 11) is 2.45. The second-order valence-electron chi connectivity index (χ2n) is 10.1. The minimum Gasteiger partial charge on any atom is -0.468 e. The average molecular weight is 851 g/mol. The van der Waals surface area contributed by atoms with E-state index < -0.39 is 36.0 Å². The lowest BCUT2D eigenvalue weighted by atomic mass is 10.2. The number of ether oxygens (including phenoxy) is 3. The number of benzene rings is 1.